The Morgan fingerprint density at radius 2 is 2.17 bits per heavy atom. The summed E-state index contributed by atoms with van der Waals surface area (Å²) in [5.41, 5.74) is 0. The highest BCUT2D eigenvalue weighted by atomic mass is 32.2. The molecule has 0 radical (unpaired) electrons. The maximum atomic E-state index is 9.01. The van der Waals surface area contributed by atoms with Crippen LogP contribution in [-0.4, -0.2) is 47.5 Å². The molecule has 0 fully saturated rings. The first-order chi connectivity index (χ1) is 5.70. The predicted octanol–water partition coefficient (Wildman–Crippen LogP) is 0.0708. The van der Waals surface area contributed by atoms with E-state index in [1.165, 1.54) is 0 Å². The molecule has 0 saturated heterocycles. The van der Waals surface area contributed by atoms with Crippen molar-refractivity contribution in [3.63, 3.8) is 0 Å². The van der Waals surface area contributed by atoms with Crippen molar-refractivity contribution >= 4 is 11.8 Å². The van der Waals surface area contributed by atoms with Crippen LogP contribution in [0.15, 0.2) is 0 Å². The van der Waals surface area contributed by atoms with E-state index in [9.17, 15) is 0 Å². The molecule has 0 heterocycles. The van der Waals surface area contributed by atoms with E-state index in [2.05, 4.69) is 18.5 Å². The van der Waals surface area contributed by atoms with Crippen molar-refractivity contribution in [1.29, 1.82) is 0 Å². The van der Waals surface area contributed by atoms with Crippen molar-refractivity contribution in [3.8, 4) is 0 Å². The largest absolute Gasteiger partial charge is 0.394 e. The first kappa shape index (κ1) is 12.2. The van der Waals surface area contributed by atoms with Gasteiger partial charge in [0.25, 0.3) is 0 Å². The van der Waals surface area contributed by atoms with Crippen LogP contribution < -0.4 is 5.32 Å². The molecule has 0 aliphatic heterocycles. The number of nitrogens with one attached hydrogen (secondary N) is 1. The number of aliphatic hydroxyl groups is 2. The second kappa shape index (κ2) is 7.86. The first-order valence-electron chi connectivity index (χ1n) is 4.22. The van der Waals surface area contributed by atoms with E-state index in [4.69, 9.17) is 10.2 Å². The third-order valence-corrected chi connectivity index (χ3v) is 2.31. The Bertz CT molecular complexity index is 103. The van der Waals surface area contributed by atoms with Gasteiger partial charge in [-0.1, -0.05) is 0 Å². The fourth-order valence-corrected chi connectivity index (χ4v) is 1.39. The van der Waals surface area contributed by atoms with Crippen LogP contribution in [0.4, 0.5) is 0 Å². The van der Waals surface area contributed by atoms with Crippen LogP contribution in [0.5, 0.6) is 0 Å². The minimum Gasteiger partial charge on any atom is -0.394 e. The molecule has 0 bridgehead atoms. The molecule has 0 aliphatic carbocycles. The van der Waals surface area contributed by atoms with Crippen molar-refractivity contribution in [1.82, 2.24) is 5.32 Å². The van der Waals surface area contributed by atoms with Crippen LogP contribution >= 0.6 is 11.8 Å². The molecule has 74 valence electrons. The van der Waals surface area contributed by atoms with Crippen molar-refractivity contribution < 1.29 is 10.2 Å². The smallest absolute Gasteiger partial charge is 0.0895 e. The topological polar surface area (TPSA) is 52.5 Å². The molecule has 0 spiro atoms. The molecule has 12 heavy (non-hydrogen) atoms. The SMILES string of the molecule is CSCCC(C)NCC(O)CO. The van der Waals surface area contributed by atoms with E-state index in [1.807, 2.05) is 11.8 Å². The summed E-state index contributed by atoms with van der Waals surface area (Å²) in [6.07, 6.45) is 2.55. The maximum Gasteiger partial charge on any atom is 0.0895 e. The Hall–Kier alpha value is 0.230. The third-order valence-electron chi connectivity index (χ3n) is 1.67. The summed E-state index contributed by atoms with van der Waals surface area (Å²) in [5, 5.41) is 20.7. The van der Waals surface area contributed by atoms with Gasteiger partial charge in [-0.05, 0) is 25.4 Å². The molecule has 0 amide bonds. The molecule has 2 atom stereocenters. The van der Waals surface area contributed by atoms with Crippen molar-refractivity contribution in [2.75, 3.05) is 25.2 Å². The van der Waals surface area contributed by atoms with Gasteiger partial charge >= 0.3 is 0 Å². The zero-order valence-corrected chi connectivity index (χ0v) is 8.60. The van der Waals surface area contributed by atoms with Crippen LogP contribution in [-0.2, 0) is 0 Å². The second-order valence-electron chi connectivity index (χ2n) is 2.93. The molecule has 3 N–H and O–H groups in total. The Kier molecular flexibility index (Phi) is 8.01. The zero-order valence-electron chi connectivity index (χ0n) is 7.79. The van der Waals surface area contributed by atoms with Gasteiger partial charge in [-0.25, -0.2) is 0 Å². The number of rotatable bonds is 7. The number of hydrogen-bond donors (Lipinski definition) is 3. The van der Waals surface area contributed by atoms with Gasteiger partial charge < -0.3 is 15.5 Å². The Morgan fingerprint density at radius 3 is 2.67 bits per heavy atom. The quantitative estimate of drug-likeness (QED) is 0.535. The van der Waals surface area contributed by atoms with E-state index >= 15 is 0 Å². The summed E-state index contributed by atoms with van der Waals surface area (Å²) in [7, 11) is 0. The van der Waals surface area contributed by atoms with Crippen LogP contribution in [0.3, 0.4) is 0 Å². The lowest BCUT2D eigenvalue weighted by atomic mass is 10.2. The average Bonchev–Trinajstić information content (AvgIpc) is 2.10. The van der Waals surface area contributed by atoms with Crippen LogP contribution in [0.1, 0.15) is 13.3 Å². The number of aliphatic hydroxyl groups excluding tert-OH is 2. The normalized spacial score (nSPS) is 16.0. The minimum absolute atomic E-state index is 0.164. The molecule has 0 aromatic carbocycles. The highest BCUT2D eigenvalue weighted by Crippen LogP contribution is 1.99. The molecule has 2 unspecified atom stereocenters. The number of hydrogen-bond acceptors (Lipinski definition) is 4. The fraction of sp³-hybridized carbons (Fsp3) is 1.00. The zero-order chi connectivity index (χ0) is 9.40. The predicted molar refractivity (Wildman–Crippen MR) is 53.6 cm³/mol. The molecule has 4 heteroatoms. The Morgan fingerprint density at radius 1 is 1.50 bits per heavy atom. The second-order valence-corrected chi connectivity index (χ2v) is 3.91. The summed E-state index contributed by atoms with van der Waals surface area (Å²) in [5.74, 6) is 1.13. The number of thioether (sulfide) groups is 1. The first-order valence-corrected chi connectivity index (χ1v) is 5.61. The van der Waals surface area contributed by atoms with Gasteiger partial charge in [0, 0.05) is 12.6 Å². The van der Waals surface area contributed by atoms with Gasteiger partial charge in [-0.3, -0.25) is 0 Å². The maximum absolute atomic E-state index is 9.01. The standard InChI is InChI=1S/C8H19NO2S/c1-7(3-4-12-2)9-5-8(11)6-10/h7-11H,3-6H2,1-2H3. The van der Waals surface area contributed by atoms with E-state index in [0.29, 0.717) is 12.6 Å². The van der Waals surface area contributed by atoms with Crippen LogP contribution in [0.2, 0.25) is 0 Å². The van der Waals surface area contributed by atoms with Crippen molar-refractivity contribution in [3.05, 3.63) is 0 Å². The van der Waals surface area contributed by atoms with E-state index in [-0.39, 0.29) is 6.61 Å². The van der Waals surface area contributed by atoms with Crippen molar-refractivity contribution in [2.45, 2.75) is 25.5 Å². The summed E-state index contributed by atoms with van der Waals surface area (Å²) < 4.78 is 0. The molecular weight excluding hydrogens is 174 g/mol. The molecule has 0 rings (SSSR count). The third kappa shape index (κ3) is 6.91. The van der Waals surface area contributed by atoms with E-state index < -0.39 is 6.10 Å². The highest BCUT2D eigenvalue weighted by Gasteiger charge is 2.04. The molecule has 0 aromatic heterocycles. The van der Waals surface area contributed by atoms with Gasteiger partial charge in [0.05, 0.1) is 12.7 Å². The molecule has 0 saturated carbocycles. The fourth-order valence-electron chi connectivity index (χ4n) is 0.798. The molecule has 0 aromatic rings. The lowest BCUT2D eigenvalue weighted by Gasteiger charge is -2.15. The van der Waals surface area contributed by atoms with Gasteiger partial charge in [0.1, 0.15) is 0 Å². The van der Waals surface area contributed by atoms with E-state index in [0.717, 1.165) is 12.2 Å². The minimum atomic E-state index is -0.623. The van der Waals surface area contributed by atoms with Crippen molar-refractivity contribution in [2.24, 2.45) is 0 Å². The van der Waals surface area contributed by atoms with Gasteiger partial charge in [0.15, 0.2) is 0 Å². The van der Waals surface area contributed by atoms with Gasteiger partial charge in [-0.2, -0.15) is 11.8 Å². The molecule has 0 aliphatic rings. The van der Waals surface area contributed by atoms with E-state index in [1.54, 1.807) is 0 Å². The summed E-state index contributed by atoms with van der Waals surface area (Å²) in [6, 6.07) is 0.415. The average molecular weight is 193 g/mol. The molecular formula is C8H19NO2S. The lowest BCUT2D eigenvalue weighted by molar-refractivity contribution is 0.0923. The highest BCUT2D eigenvalue weighted by molar-refractivity contribution is 7.98. The van der Waals surface area contributed by atoms with Crippen LogP contribution in [0.25, 0.3) is 0 Å². The summed E-state index contributed by atoms with van der Waals surface area (Å²) in [6.45, 7) is 2.40. The summed E-state index contributed by atoms with van der Waals surface area (Å²) in [4.78, 5) is 0. The monoisotopic (exact) mass is 193 g/mol. The van der Waals surface area contributed by atoms with Gasteiger partial charge in [0.2, 0.25) is 0 Å². The lowest BCUT2D eigenvalue weighted by Crippen LogP contribution is -2.35. The Balaban J connectivity index is 3.24. The Labute approximate surface area is 78.6 Å². The summed E-state index contributed by atoms with van der Waals surface area (Å²) >= 11 is 1.82. The van der Waals surface area contributed by atoms with Gasteiger partial charge in [-0.15, -0.1) is 0 Å². The van der Waals surface area contributed by atoms with Crippen LogP contribution in [0, 0.1) is 0 Å². The molecule has 3 nitrogen and oxygen atoms in total.